The number of fused-ring (bicyclic) bond motifs is 4. The number of hydrogen-bond acceptors (Lipinski definition) is 1. The van der Waals surface area contributed by atoms with Crippen LogP contribution in [-0.4, -0.2) is 11.6 Å². The molecule has 0 saturated heterocycles. The number of allylic oxidation sites excluding steroid dienone is 2. The van der Waals surface area contributed by atoms with Crippen molar-refractivity contribution in [2.75, 3.05) is 11.9 Å². The first-order valence-corrected chi connectivity index (χ1v) is 12.6. The molecule has 6 aromatic rings. The van der Waals surface area contributed by atoms with Gasteiger partial charge in [-0.1, -0.05) is 97.6 Å². The van der Waals surface area contributed by atoms with Crippen molar-refractivity contribution in [1.29, 1.82) is 0 Å². The predicted octanol–water partition coefficient (Wildman–Crippen LogP) is 9.45. The number of anilines is 2. The van der Waals surface area contributed by atoms with Gasteiger partial charge in [0.2, 0.25) is 0 Å². The molecule has 0 fully saturated rings. The monoisotopic (exact) mass is 480 g/mol. The molecule has 0 aliphatic rings. The van der Waals surface area contributed by atoms with Gasteiger partial charge in [0.15, 0.2) is 0 Å². The second kappa shape index (κ2) is 10.6. The zero-order valence-electron chi connectivity index (χ0n) is 21.7. The molecule has 0 atom stereocenters. The quantitative estimate of drug-likeness (QED) is 0.228. The van der Waals surface area contributed by atoms with Gasteiger partial charge in [-0.15, -0.1) is 0 Å². The Morgan fingerprint density at radius 2 is 1.32 bits per heavy atom. The normalized spacial score (nSPS) is 11.1. The van der Waals surface area contributed by atoms with E-state index in [-0.39, 0.29) is 0 Å². The number of para-hydroxylation sites is 1. The number of rotatable bonds is 4. The van der Waals surface area contributed by atoms with Gasteiger partial charge in [-0.25, -0.2) is 0 Å². The van der Waals surface area contributed by atoms with E-state index < -0.39 is 0 Å². The van der Waals surface area contributed by atoms with E-state index in [1.807, 2.05) is 18.2 Å². The molecule has 0 saturated carbocycles. The van der Waals surface area contributed by atoms with Crippen molar-refractivity contribution in [1.82, 2.24) is 4.57 Å². The molecule has 2 nitrogen and oxygen atoms in total. The fourth-order valence-corrected chi connectivity index (χ4v) is 4.84. The van der Waals surface area contributed by atoms with E-state index in [1.54, 1.807) is 6.08 Å². The van der Waals surface area contributed by atoms with E-state index in [4.69, 9.17) is 0 Å². The highest BCUT2D eigenvalue weighted by Crippen LogP contribution is 2.33. The minimum absolute atomic E-state index is 1.20. The van der Waals surface area contributed by atoms with E-state index in [2.05, 4.69) is 140 Å². The smallest absolute Gasteiger partial charge is 0.0490 e. The third-order valence-corrected chi connectivity index (χ3v) is 7.01. The van der Waals surface area contributed by atoms with Crippen molar-refractivity contribution in [3.63, 3.8) is 0 Å². The molecule has 0 spiro atoms. The molecule has 0 aliphatic carbocycles. The van der Waals surface area contributed by atoms with Crippen molar-refractivity contribution >= 4 is 50.0 Å². The molecule has 182 valence electrons. The Balaban J connectivity index is 0.000000215. The van der Waals surface area contributed by atoms with Crippen LogP contribution in [0.2, 0.25) is 0 Å². The molecule has 0 amide bonds. The average Bonchev–Trinajstić information content (AvgIpc) is 3.23. The van der Waals surface area contributed by atoms with Crippen LogP contribution in [0.1, 0.15) is 11.1 Å². The van der Waals surface area contributed by atoms with E-state index in [9.17, 15) is 0 Å². The van der Waals surface area contributed by atoms with Crippen molar-refractivity contribution in [2.24, 2.45) is 7.05 Å². The maximum Gasteiger partial charge on any atom is 0.0490 e. The van der Waals surface area contributed by atoms with E-state index in [1.165, 1.54) is 55.1 Å². The number of nitrogens with zero attached hydrogens (tertiary/aromatic N) is 2. The summed E-state index contributed by atoms with van der Waals surface area (Å²) in [7, 11) is 4.27. The Bertz CT molecular complexity index is 1740. The van der Waals surface area contributed by atoms with E-state index in [0.717, 1.165) is 0 Å². The highest BCUT2D eigenvalue weighted by Gasteiger charge is 2.11. The van der Waals surface area contributed by atoms with Gasteiger partial charge in [0.05, 0.1) is 0 Å². The summed E-state index contributed by atoms with van der Waals surface area (Å²) in [6.07, 6.45) is 5.79. The summed E-state index contributed by atoms with van der Waals surface area (Å²) in [5.74, 6) is 0. The minimum atomic E-state index is 1.20. The van der Waals surface area contributed by atoms with E-state index in [0.29, 0.717) is 0 Å². The van der Waals surface area contributed by atoms with Crippen molar-refractivity contribution < 1.29 is 0 Å². The summed E-state index contributed by atoms with van der Waals surface area (Å²) in [6, 6.07) is 38.7. The largest absolute Gasteiger partial charge is 0.345 e. The molecule has 0 radical (unpaired) electrons. The SMILES string of the molecule is C=C/C=C\c1ccccc1C.CN(c1ccc2ccccc2c1)c1ccc2c(c1)c1ccccc1n2C. The van der Waals surface area contributed by atoms with Gasteiger partial charge in [-0.2, -0.15) is 0 Å². The Hall–Kier alpha value is -4.56. The Kier molecular flexibility index (Phi) is 6.91. The summed E-state index contributed by atoms with van der Waals surface area (Å²) >= 11 is 0. The minimum Gasteiger partial charge on any atom is -0.345 e. The van der Waals surface area contributed by atoms with Gasteiger partial charge in [0.25, 0.3) is 0 Å². The van der Waals surface area contributed by atoms with Gasteiger partial charge in [0, 0.05) is 47.3 Å². The van der Waals surface area contributed by atoms with Crippen molar-refractivity contribution in [3.8, 4) is 0 Å². The third-order valence-electron chi connectivity index (χ3n) is 7.01. The summed E-state index contributed by atoms with van der Waals surface area (Å²) < 4.78 is 2.27. The predicted molar refractivity (Wildman–Crippen MR) is 163 cm³/mol. The second-order valence-corrected chi connectivity index (χ2v) is 9.32. The van der Waals surface area contributed by atoms with Gasteiger partial charge >= 0.3 is 0 Å². The molecule has 0 bridgehead atoms. The van der Waals surface area contributed by atoms with Gasteiger partial charge in [-0.05, 0) is 65.2 Å². The van der Waals surface area contributed by atoms with Crippen LogP contribution in [0.5, 0.6) is 0 Å². The fourth-order valence-electron chi connectivity index (χ4n) is 4.84. The van der Waals surface area contributed by atoms with Crippen LogP contribution in [-0.2, 0) is 7.05 Å². The standard InChI is InChI=1S/C24H20N2.C11H12/c1-25(19-12-11-17-7-3-4-8-18(17)15-19)20-13-14-24-22(16-20)21-9-5-6-10-23(21)26(24)2;1-3-4-8-11-9-6-5-7-10(11)2/h3-16H,1-2H3;3-9H,1H2,2H3/b;8-4-. The second-order valence-electron chi connectivity index (χ2n) is 9.32. The zero-order valence-corrected chi connectivity index (χ0v) is 21.7. The average molecular weight is 481 g/mol. The van der Waals surface area contributed by atoms with Crippen LogP contribution in [0.3, 0.4) is 0 Å². The number of aromatic nitrogens is 1. The van der Waals surface area contributed by atoms with Crippen LogP contribution >= 0.6 is 0 Å². The molecule has 1 aromatic heterocycles. The zero-order chi connectivity index (χ0) is 25.8. The Labute approximate surface area is 219 Å². The lowest BCUT2D eigenvalue weighted by Crippen LogP contribution is -2.09. The number of hydrogen-bond donors (Lipinski definition) is 0. The maximum absolute atomic E-state index is 3.62. The van der Waals surface area contributed by atoms with Crippen LogP contribution in [0.4, 0.5) is 11.4 Å². The lowest BCUT2D eigenvalue weighted by molar-refractivity contribution is 1.01. The third kappa shape index (κ3) is 4.92. The summed E-state index contributed by atoms with van der Waals surface area (Å²) in [5.41, 5.74) is 7.49. The molecule has 6 rings (SSSR count). The lowest BCUT2D eigenvalue weighted by atomic mass is 10.1. The van der Waals surface area contributed by atoms with Crippen LogP contribution in [0.15, 0.2) is 128 Å². The molecule has 2 heteroatoms. The maximum atomic E-state index is 3.62. The molecule has 0 N–H and O–H groups in total. The van der Waals surface area contributed by atoms with Crippen molar-refractivity contribution in [2.45, 2.75) is 6.92 Å². The summed E-state index contributed by atoms with van der Waals surface area (Å²) in [5, 5.41) is 5.14. The molecule has 5 aromatic carbocycles. The van der Waals surface area contributed by atoms with Crippen molar-refractivity contribution in [3.05, 3.63) is 139 Å². The first kappa shape index (κ1) is 24.1. The number of aryl methyl sites for hydroxylation is 2. The Morgan fingerprint density at radius 3 is 2.14 bits per heavy atom. The van der Waals surface area contributed by atoms with Crippen LogP contribution in [0.25, 0.3) is 38.7 Å². The van der Waals surface area contributed by atoms with E-state index >= 15 is 0 Å². The highest BCUT2D eigenvalue weighted by molar-refractivity contribution is 6.09. The van der Waals surface area contributed by atoms with Crippen LogP contribution < -0.4 is 4.90 Å². The molecule has 37 heavy (non-hydrogen) atoms. The molecule has 0 aliphatic heterocycles. The van der Waals surface area contributed by atoms with Crippen LogP contribution in [0, 0.1) is 6.92 Å². The topological polar surface area (TPSA) is 8.17 Å². The first-order chi connectivity index (χ1) is 18.1. The highest BCUT2D eigenvalue weighted by atomic mass is 15.1. The molecular formula is C35H32N2. The van der Waals surface area contributed by atoms with Gasteiger partial charge in [0.1, 0.15) is 0 Å². The Morgan fingerprint density at radius 1 is 0.676 bits per heavy atom. The summed E-state index contributed by atoms with van der Waals surface area (Å²) in [4.78, 5) is 2.26. The first-order valence-electron chi connectivity index (χ1n) is 12.6. The van der Waals surface area contributed by atoms with Gasteiger partial charge < -0.3 is 9.47 Å². The molecule has 1 heterocycles. The molecule has 0 unspecified atom stereocenters. The molecular weight excluding hydrogens is 448 g/mol. The fraction of sp³-hybridized carbons (Fsp3) is 0.0857. The lowest BCUT2D eigenvalue weighted by Gasteiger charge is -2.20. The van der Waals surface area contributed by atoms with Gasteiger partial charge in [-0.3, -0.25) is 0 Å². The summed E-state index contributed by atoms with van der Waals surface area (Å²) in [6.45, 7) is 5.72. The number of benzene rings is 5.